The van der Waals surface area contributed by atoms with Crippen LogP contribution in [-0.2, 0) is 0 Å². The molecule has 2 rings (SSSR count). The summed E-state index contributed by atoms with van der Waals surface area (Å²) in [4.78, 5) is 11.7. The predicted octanol–water partition coefficient (Wildman–Crippen LogP) is 2.22. The normalized spacial score (nSPS) is 21.5. The summed E-state index contributed by atoms with van der Waals surface area (Å²) in [6, 6.07) is 7.31. The van der Waals surface area contributed by atoms with Crippen LogP contribution in [0.2, 0.25) is 0 Å². The van der Waals surface area contributed by atoms with Crippen molar-refractivity contribution in [3.63, 3.8) is 0 Å². The third-order valence-corrected chi connectivity index (χ3v) is 3.83. The Morgan fingerprint density at radius 3 is 3.05 bits per heavy atom. The van der Waals surface area contributed by atoms with Crippen LogP contribution in [0.1, 0.15) is 37.9 Å². The van der Waals surface area contributed by atoms with E-state index < -0.39 is 6.10 Å². The van der Waals surface area contributed by atoms with E-state index in [1.807, 2.05) is 18.2 Å². The lowest BCUT2D eigenvalue weighted by Crippen LogP contribution is -2.39. The van der Waals surface area contributed by atoms with Crippen molar-refractivity contribution in [2.75, 3.05) is 13.7 Å². The molecule has 1 saturated carbocycles. The van der Waals surface area contributed by atoms with E-state index in [0.29, 0.717) is 17.7 Å². The minimum absolute atomic E-state index is 0.185. The van der Waals surface area contributed by atoms with Crippen LogP contribution in [0.5, 0.6) is 5.75 Å². The van der Waals surface area contributed by atoms with E-state index in [1.165, 1.54) is 0 Å². The average Bonchev–Trinajstić information content (AvgIpc) is 3.22. The average molecular weight is 292 g/mol. The molecule has 2 amide bonds. The van der Waals surface area contributed by atoms with Gasteiger partial charge in [-0.3, -0.25) is 0 Å². The fourth-order valence-corrected chi connectivity index (χ4v) is 2.49. The fourth-order valence-electron chi connectivity index (χ4n) is 2.49. The lowest BCUT2D eigenvalue weighted by molar-refractivity contribution is 0.172. The molecule has 1 aliphatic rings. The number of hydrogen-bond acceptors (Lipinski definition) is 3. The number of aliphatic hydroxyl groups is 1. The summed E-state index contributed by atoms with van der Waals surface area (Å²) in [5.41, 5.74) is 0.727. The number of rotatable bonds is 7. The van der Waals surface area contributed by atoms with Gasteiger partial charge < -0.3 is 20.5 Å². The molecule has 0 heterocycles. The van der Waals surface area contributed by atoms with E-state index in [1.54, 1.807) is 13.2 Å². The van der Waals surface area contributed by atoms with Gasteiger partial charge in [0, 0.05) is 12.6 Å². The molecular weight excluding hydrogens is 268 g/mol. The molecule has 3 N–H and O–H groups in total. The van der Waals surface area contributed by atoms with Crippen LogP contribution in [0.3, 0.4) is 0 Å². The van der Waals surface area contributed by atoms with E-state index in [0.717, 1.165) is 24.8 Å². The molecule has 116 valence electrons. The molecule has 0 bridgehead atoms. The monoisotopic (exact) mass is 292 g/mol. The van der Waals surface area contributed by atoms with Gasteiger partial charge in [0.15, 0.2) is 0 Å². The molecule has 3 atom stereocenters. The third-order valence-electron chi connectivity index (χ3n) is 3.83. The van der Waals surface area contributed by atoms with Crippen LogP contribution < -0.4 is 15.4 Å². The first kappa shape index (κ1) is 15.6. The first-order chi connectivity index (χ1) is 10.1. The van der Waals surface area contributed by atoms with E-state index >= 15 is 0 Å². The number of urea groups is 1. The molecule has 3 unspecified atom stereocenters. The van der Waals surface area contributed by atoms with E-state index in [-0.39, 0.29) is 12.6 Å². The summed E-state index contributed by atoms with van der Waals surface area (Å²) < 4.78 is 5.12. The van der Waals surface area contributed by atoms with Crippen LogP contribution in [-0.4, -0.2) is 30.8 Å². The lowest BCUT2D eigenvalue weighted by atomic mass is 10.1. The quantitative estimate of drug-likeness (QED) is 0.721. The van der Waals surface area contributed by atoms with Crippen molar-refractivity contribution in [3.05, 3.63) is 29.8 Å². The van der Waals surface area contributed by atoms with Gasteiger partial charge in [-0.05, 0) is 36.5 Å². The Bertz CT molecular complexity index is 478. The topological polar surface area (TPSA) is 70.6 Å². The Hall–Kier alpha value is -1.75. The van der Waals surface area contributed by atoms with Crippen LogP contribution in [0.4, 0.5) is 4.79 Å². The molecule has 1 aliphatic carbocycles. The Morgan fingerprint density at radius 1 is 1.52 bits per heavy atom. The van der Waals surface area contributed by atoms with Gasteiger partial charge in [0.2, 0.25) is 0 Å². The highest BCUT2D eigenvalue weighted by Gasteiger charge is 2.37. The van der Waals surface area contributed by atoms with Crippen LogP contribution in [0.15, 0.2) is 24.3 Å². The largest absolute Gasteiger partial charge is 0.497 e. The number of amides is 2. The highest BCUT2D eigenvalue weighted by molar-refractivity contribution is 5.74. The van der Waals surface area contributed by atoms with Crippen LogP contribution >= 0.6 is 0 Å². The maximum Gasteiger partial charge on any atom is 0.315 e. The van der Waals surface area contributed by atoms with Crippen LogP contribution in [0, 0.1) is 5.92 Å². The van der Waals surface area contributed by atoms with Crippen LogP contribution in [0.25, 0.3) is 0 Å². The molecule has 0 spiro atoms. The number of nitrogens with one attached hydrogen (secondary N) is 2. The van der Waals surface area contributed by atoms with Crippen molar-refractivity contribution in [3.8, 4) is 5.75 Å². The SMILES string of the molecule is CCCC1CC1NC(=O)NCC(O)c1cccc(OC)c1. The van der Waals surface area contributed by atoms with Crippen molar-refractivity contribution in [2.24, 2.45) is 5.92 Å². The fraction of sp³-hybridized carbons (Fsp3) is 0.562. The van der Waals surface area contributed by atoms with Crippen molar-refractivity contribution in [1.82, 2.24) is 10.6 Å². The number of methoxy groups -OCH3 is 1. The molecule has 1 aromatic carbocycles. The van der Waals surface area contributed by atoms with Crippen molar-refractivity contribution in [2.45, 2.75) is 38.3 Å². The summed E-state index contributed by atoms with van der Waals surface area (Å²) in [6.45, 7) is 2.34. The summed E-state index contributed by atoms with van der Waals surface area (Å²) in [5.74, 6) is 1.32. The van der Waals surface area contributed by atoms with Gasteiger partial charge in [0.05, 0.1) is 13.2 Å². The maximum atomic E-state index is 11.7. The Kier molecular flexibility index (Phi) is 5.44. The van der Waals surface area contributed by atoms with Crippen molar-refractivity contribution < 1.29 is 14.6 Å². The molecule has 5 nitrogen and oxygen atoms in total. The highest BCUT2D eigenvalue weighted by Crippen LogP contribution is 2.34. The van der Waals surface area contributed by atoms with E-state index in [2.05, 4.69) is 17.6 Å². The zero-order chi connectivity index (χ0) is 15.2. The van der Waals surface area contributed by atoms with Gasteiger partial charge in [0.1, 0.15) is 5.75 Å². The predicted molar refractivity (Wildman–Crippen MR) is 81.3 cm³/mol. The van der Waals surface area contributed by atoms with Crippen molar-refractivity contribution >= 4 is 6.03 Å². The summed E-state index contributed by atoms with van der Waals surface area (Å²) in [6.07, 6.45) is 2.65. The Morgan fingerprint density at radius 2 is 2.33 bits per heavy atom. The maximum absolute atomic E-state index is 11.7. The third kappa shape index (κ3) is 4.63. The molecule has 21 heavy (non-hydrogen) atoms. The molecule has 0 saturated heterocycles. The lowest BCUT2D eigenvalue weighted by Gasteiger charge is -2.13. The number of ether oxygens (including phenoxy) is 1. The second-order valence-electron chi connectivity index (χ2n) is 5.54. The smallest absolute Gasteiger partial charge is 0.315 e. The minimum atomic E-state index is -0.739. The zero-order valence-corrected chi connectivity index (χ0v) is 12.6. The number of carbonyl (C=O) groups excluding carboxylic acids is 1. The standard InChI is InChI=1S/C16H24N2O3/c1-3-5-11-9-14(11)18-16(20)17-10-15(19)12-6-4-7-13(8-12)21-2/h4,6-8,11,14-15,19H,3,5,9-10H2,1-2H3,(H2,17,18,20). The molecule has 0 radical (unpaired) electrons. The number of benzene rings is 1. The Labute approximate surface area is 125 Å². The van der Waals surface area contributed by atoms with E-state index in [9.17, 15) is 9.90 Å². The minimum Gasteiger partial charge on any atom is -0.497 e. The zero-order valence-electron chi connectivity index (χ0n) is 12.6. The van der Waals surface area contributed by atoms with Gasteiger partial charge in [-0.15, -0.1) is 0 Å². The number of carbonyl (C=O) groups is 1. The van der Waals surface area contributed by atoms with Crippen molar-refractivity contribution in [1.29, 1.82) is 0 Å². The Balaban J connectivity index is 1.73. The van der Waals surface area contributed by atoms with Gasteiger partial charge in [-0.25, -0.2) is 4.79 Å². The molecule has 0 aromatic heterocycles. The molecule has 0 aliphatic heterocycles. The summed E-state index contributed by atoms with van der Waals surface area (Å²) >= 11 is 0. The van der Waals surface area contributed by atoms with Gasteiger partial charge >= 0.3 is 6.03 Å². The second kappa shape index (κ2) is 7.31. The second-order valence-corrected chi connectivity index (χ2v) is 5.54. The number of aliphatic hydroxyl groups excluding tert-OH is 1. The molecule has 5 heteroatoms. The van der Waals surface area contributed by atoms with Gasteiger partial charge in [-0.1, -0.05) is 25.5 Å². The molecule has 1 fully saturated rings. The van der Waals surface area contributed by atoms with E-state index in [4.69, 9.17) is 4.74 Å². The van der Waals surface area contributed by atoms with Gasteiger partial charge in [-0.2, -0.15) is 0 Å². The summed E-state index contributed by atoms with van der Waals surface area (Å²) in [7, 11) is 1.58. The molecule has 1 aromatic rings. The van der Waals surface area contributed by atoms with Gasteiger partial charge in [0.25, 0.3) is 0 Å². The molecular formula is C16H24N2O3. The summed E-state index contributed by atoms with van der Waals surface area (Å²) in [5, 5.41) is 15.7. The first-order valence-electron chi connectivity index (χ1n) is 7.50. The number of hydrogen-bond donors (Lipinski definition) is 3. The first-order valence-corrected chi connectivity index (χ1v) is 7.50. The highest BCUT2D eigenvalue weighted by atomic mass is 16.5.